The van der Waals surface area contributed by atoms with Crippen LogP contribution in [-0.4, -0.2) is 17.6 Å². The molecule has 0 bridgehead atoms. The summed E-state index contributed by atoms with van der Waals surface area (Å²) in [6.07, 6.45) is 1.89. The van der Waals surface area contributed by atoms with Crippen LogP contribution in [-0.2, 0) is 0 Å². The number of benzene rings is 7. The Labute approximate surface area is 299 Å². The van der Waals surface area contributed by atoms with E-state index in [-0.39, 0.29) is 0 Å². The Morgan fingerprint density at radius 2 is 0.863 bits per heavy atom. The third kappa shape index (κ3) is 5.25. The van der Waals surface area contributed by atoms with Crippen molar-refractivity contribution in [3.05, 3.63) is 212 Å². The van der Waals surface area contributed by atoms with Gasteiger partial charge in [-0.1, -0.05) is 140 Å². The van der Waals surface area contributed by atoms with Crippen LogP contribution in [0, 0.1) is 0 Å². The molecule has 9 aromatic rings. The molecule has 3 nitrogen and oxygen atoms in total. The number of aromatic nitrogens is 2. The van der Waals surface area contributed by atoms with Gasteiger partial charge in [-0.05, 0) is 87.5 Å². The molecule has 0 amide bonds. The van der Waals surface area contributed by atoms with E-state index in [0.29, 0.717) is 0 Å². The normalized spacial score (nSPS) is 11.5. The van der Waals surface area contributed by atoms with E-state index < -0.39 is 8.07 Å². The first kappa shape index (κ1) is 30.6. The van der Waals surface area contributed by atoms with Gasteiger partial charge in [-0.2, -0.15) is 0 Å². The second kappa shape index (κ2) is 13.1. The first-order valence-electron chi connectivity index (χ1n) is 17.4. The number of nitrogens with zero attached hydrogens (tertiary/aromatic N) is 3. The first-order chi connectivity index (χ1) is 25.3. The molecule has 0 aliphatic carbocycles. The van der Waals surface area contributed by atoms with E-state index in [2.05, 4.69) is 210 Å². The Balaban J connectivity index is 1.30. The highest BCUT2D eigenvalue weighted by molar-refractivity contribution is 7.20. The first-order valence-corrected chi connectivity index (χ1v) is 19.4. The van der Waals surface area contributed by atoms with Gasteiger partial charge in [0.1, 0.15) is 5.65 Å². The molecule has 0 saturated carbocycles. The van der Waals surface area contributed by atoms with Crippen LogP contribution < -0.4 is 25.6 Å². The predicted molar refractivity (Wildman–Crippen MR) is 217 cm³/mol. The summed E-state index contributed by atoms with van der Waals surface area (Å²) in [4.78, 5) is 7.24. The molecule has 51 heavy (non-hydrogen) atoms. The van der Waals surface area contributed by atoms with Crippen LogP contribution in [0.25, 0.3) is 27.6 Å². The Hall–Kier alpha value is -6.49. The molecular formula is C47H35N3Si. The van der Waals surface area contributed by atoms with E-state index in [1.807, 2.05) is 12.3 Å². The molecule has 7 aromatic carbocycles. The van der Waals surface area contributed by atoms with Gasteiger partial charge in [0.25, 0.3) is 0 Å². The van der Waals surface area contributed by atoms with Gasteiger partial charge in [-0.25, -0.2) is 4.98 Å². The van der Waals surface area contributed by atoms with Crippen LogP contribution >= 0.6 is 0 Å². The maximum Gasteiger partial charge on any atom is 0.179 e. The molecule has 0 atom stereocenters. The van der Waals surface area contributed by atoms with E-state index in [1.54, 1.807) is 0 Å². The third-order valence-corrected chi connectivity index (χ3v) is 14.7. The fourth-order valence-corrected chi connectivity index (χ4v) is 12.5. The summed E-state index contributed by atoms with van der Waals surface area (Å²) in [5.41, 5.74) is 6.59. The molecule has 0 aliphatic heterocycles. The second-order valence-corrected chi connectivity index (χ2v) is 16.6. The van der Waals surface area contributed by atoms with Gasteiger partial charge in [-0.15, -0.1) is 0 Å². The average Bonchev–Trinajstić information content (AvgIpc) is 3.55. The lowest BCUT2D eigenvalue weighted by atomic mass is 10.2. The maximum atomic E-state index is 4.91. The highest BCUT2D eigenvalue weighted by Gasteiger charge is 2.41. The lowest BCUT2D eigenvalue weighted by molar-refractivity contribution is 1.14. The largest absolute Gasteiger partial charge is 0.311 e. The smallest absolute Gasteiger partial charge is 0.179 e. The van der Waals surface area contributed by atoms with Crippen molar-refractivity contribution in [2.24, 2.45) is 0 Å². The van der Waals surface area contributed by atoms with Gasteiger partial charge in [0.15, 0.2) is 8.07 Å². The summed E-state index contributed by atoms with van der Waals surface area (Å²) in [6.45, 7) is 0. The molecule has 0 fully saturated rings. The highest BCUT2D eigenvalue weighted by atomic mass is 28.3. The summed E-state index contributed by atoms with van der Waals surface area (Å²) in [5.74, 6) is 0. The molecule has 242 valence electrons. The van der Waals surface area contributed by atoms with Crippen molar-refractivity contribution in [3.8, 4) is 5.69 Å². The van der Waals surface area contributed by atoms with Crippen molar-refractivity contribution in [2.75, 3.05) is 4.90 Å². The minimum Gasteiger partial charge on any atom is -0.311 e. The lowest BCUT2D eigenvalue weighted by Gasteiger charge is -2.35. The zero-order valence-electron chi connectivity index (χ0n) is 28.0. The third-order valence-electron chi connectivity index (χ3n) is 9.97. The second-order valence-electron chi connectivity index (χ2n) is 12.8. The topological polar surface area (TPSA) is 21.1 Å². The van der Waals surface area contributed by atoms with Crippen LogP contribution in [0.15, 0.2) is 212 Å². The van der Waals surface area contributed by atoms with Gasteiger partial charge in [0.05, 0.1) is 5.52 Å². The molecule has 4 heteroatoms. The number of fused-ring (bicyclic) bond motifs is 3. The molecule has 0 aliphatic rings. The quantitative estimate of drug-likeness (QED) is 0.119. The molecular weight excluding hydrogens is 635 g/mol. The van der Waals surface area contributed by atoms with E-state index in [0.717, 1.165) is 39.3 Å². The Bertz CT molecular complexity index is 2470. The Kier molecular flexibility index (Phi) is 7.84. The molecule has 2 aromatic heterocycles. The van der Waals surface area contributed by atoms with Crippen molar-refractivity contribution < 1.29 is 0 Å². The van der Waals surface area contributed by atoms with Crippen LogP contribution in [0.2, 0.25) is 0 Å². The van der Waals surface area contributed by atoms with Crippen molar-refractivity contribution in [3.63, 3.8) is 0 Å². The van der Waals surface area contributed by atoms with Crippen molar-refractivity contribution in [2.45, 2.75) is 0 Å². The lowest BCUT2D eigenvalue weighted by Crippen LogP contribution is -2.74. The van der Waals surface area contributed by atoms with Gasteiger partial charge < -0.3 is 4.90 Å². The van der Waals surface area contributed by atoms with Gasteiger partial charge >= 0.3 is 0 Å². The van der Waals surface area contributed by atoms with Gasteiger partial charge in [-0.3, -0.25) is 4.57 Å². The molecule has 0 saturated heterocycles. The minimum atomic E-state index is -2.84. The van der Waals surface area contributed by atoms with E-state index in [1.165, 1.54) is 26.1 Å². The predicted octanol–water partition coefficient (Wildman–Crippen LogP) is 9.03. The van der Waals surface area contributed by atoms with Crippen molar-refractivity contribution >= 4 is 67.8 Å². The fraction of sp³-hybridized carbons (Fsp3) is 0. The van der Waals surface area contributed by atoms with Crippen molar-refractivity contribution in [1.82, 2.24) is 9.55 Å². The number of anilines is 3. The van der Waals surface area contributed by atoms with Crippen molar-refractivity contribution in [1.29, 1.82) is 0 Å². The maximum absolute atomic E-state index is 4.91. The molecule has 9 rings (SSSR count). The SMILES string of the molecule is c1ccc(N(c2ccccc2)c2ccc([Si](c3ccccc3)(c3ccccc3)c3ccc4c(c3)c3cccnc3n4-c3ccccc3)cc2)cc1. The summed E-state index contributed by atoms with van der Waals surface area (Å²) < 4.78 is 2.29. The molecule has 0 N–H and O–H groups in total. The number of rotatable bonds is 8. The summed E-state index contributed by atoms with van der Waals surface area (Å²) >= 11 is 0. The van der Waals surface area contributed by atoms with Gasteiger partial charge in [0.2, 0.25) is 0 Å². The summed E-state index contributed by atoms with van der Waals surface area (Å²) in [5, 5.41) is 7.71. The summed E-state index contributed by atoms with van der Waals surface area (Å²) in [7, 11) is -2.84. The number of pyridine rings is 1. The molecule has 0 spiro atoms. The zero-order valence-corrected chi connectivity index (χ0v) is 29.0. The number of hydrogen-bond acceptors (Lipinski definition) is 2. The summed E-state index contributed by atoms with van der Waals surface area (Å²) in [6, 6.07) is 74.8. The van der Waals surface area contributed by atoms with E-state index in [9.17, 15) is 0 Å². The Morgan fingerprint density at radius 1 is 0.392 bits per heavy atom. The molecule has 0 unspecified atom stereocenters. The minimum absolute atomic E-state index is 0.966. The number of para-hydroxylation sites is 3. The van der Waals surface area contributed by atoms with E-state index >= 15 is 0 Å². The average molecular weight is 670 g/mol. The Morgan fingerprint density at radius 3 is 1.43 bits per heavy atom. The number of hydrogen-bond donors (Lipinski definition) is 0. The highest BCUT2D eigenvalue weighted by Crippen LogP contribution is 2.34. The van der Waals surface area contributed by atoms with Gasteiger partial charge in [0, 0.05) is 39.7 Å². The van der Waals surface area contributed by atoms with Crippen LogP contribution in [0.3, 0.4) is 0 Å². The molecule has 2 heterocycles. The van der Waals surface area contributed by atoms with Crippen LogP contribution in [0.4, 0.5) is 17.1 Å². The molecule has 0 radical (unpaired) electrons. The van der Waals surface area contributed by atoms with Crippen LogP contribution in [0.5, 0.6) is 0 Å². The van der Waals surface area contributed by atoms with E-state index in [4.69, 9.17) is 4.98 Å². The zero-order chi connectivity index (χ0) is 34.0. The van der Waals surface area contributed by atoms with Crippen LogP contribution in [0.1, 0.15) is 0 Å². The standard InChI is InChI=1S/C47H35N3Si/c1-6-17-36(18-7-1)49(37-19-8-2-9-20-37)39-28-30-42(31-29-39)51(40-23-12-4-13-24-40,41-25-14-5-15-26-41)43-32-33-46-45(35-43)44-27-16-34-48-47(44)50(46)38-21-10-3-11-22-38/h1-35H. The monoisotopic (exact) mass is 669 g/mol. The fourth-order valence-electron chi connectivity index (χ4n) is 7.76.